The van der Waals surface area contributed by atoms with E-state index in [1.54, 1.807) is 7.11 Å². The van der Waals surface area contributed by atoms with Crippen LogP contribution in [0.2, 0.25) is 0 Å². The number of piperidine rings is 1. The van der Waals surface area contributed by atoms with Gasteiger partial charge >= 0.3 is 5.97 Å². The highest BCUT2D eigenvalue weighted by Crippen LogP contribution is 2.20. The van der Waals surface area contributed by atoms with Gasteiger partial charge in [0.25, 0.3) is 0 Å². The first-order valence-electron chi connectivity index (χ1n) is 7.12. The Bertz CT molecular complexity index is 507. The molecule has 5 nitrogen and oxygen atoms in total. The second kappa shape index (κ2) is 7.11. The van der Waals surface area contributed by atoms with Crippen molar-refractivity contribution in [2.24, 2.45) is 5.92 Å². The maximum absolute atomic E-state index is 12.3. The molecule has 1 aromatic carbocycles. The van der Waals surface area contributed by atoms with Gasteiger partial charge in [0.1, 0.15) is 5.75 Å². The maximum atomic E-state index is 12.3. The molecule has 0 saturated carbocycles. The molecule has 1 amide bonds. The summed E-state index contributed by atoms with van der Waals surface area (Å²) in [5, 5.41) is 0. The van der Waals surface area contributed by atoms with Crippen LogP contribution in [0.3, 0.4) is 0 Å². The Morgan fingerprint density at radius 3 is 2.57 bits per heavy atom. The normalized spacial score (nSPS) is 15.6. The zero-order chi connectivity index (χ0) is 15.2. The molecule has 1 aliphatic heterocycles. The van der Waals surface area contributed by atoms with Crippen LogP contribution in [0.4, 0.5) is 0 Å². The van der Waals surface area contributed by atoms with Crippen molar-refractivity contribution in [2.75, 3.05) is 27.3 Å². The predicted octanol–water partition coefficient (Wildman–Crippen LogP) is 1.65. The van der Waals surface area contributed by atoms with Gasteiger partial charge in [-0.25, -0.2) is 0 Å². The van der Waals surface area contributed by atoms with E-state index in [9.17, 15) is 9.59 Å². The minimum absolute atomic E-state index is 0.0733. The fourth-order valence-corrected chi connectivity index (χ4v) is 2.60. The Morgan fingerprint density at radius 2 is 1.95 bits per heavy atom. The number of carbonyl (C=O) groups is 2. The number of nitrogens with zero attached hydrogens (tertiary/aromatic N) is 1. The first-order chi connectivity index (χ1) is 10.1. The molecule has 0 aliphatic carbocycles. The summed E-state index contributed by atoms with van der Waals surface area (Å²) in [6.07, 6.45) is 1.72. The van der Waals surface area contributed by atoms with E-state index in [1.807, 2.05) is 29.2 Å². The number of ether oxygens (including phenoxy) is 2. The molecule has 21 heavy (non-hydrogen) atoms. The number of rotatable bonds is 4. The molecular formula is C16H21NO4. The van der Waals surface area contributed by atoms with Crippen LogP contribution in [0, 0.1) is 5.92 Å². The van der Waals surface area contributed by atoms with E-state index >= 15 is 0 Å². The third kappa shape index (κ3) is 3.97. The van der Waals surface area contributed by atoms with Crippen LogP contribution in [-0.4, -0.2) is 44.1 Å². The monoisotopic (exact) mass is 291 g/mol. The van der Waals surface area contributed by atoms with Crippen LogP contribution in [0.25, 0.3) is 0 Å². The number of methoxy groups -OCH3 is 2. The van der Waals surface area contributed by atoms with Gasteiger partial charge in [-0.3, -0.25) is 9.59 Å². The molecule has 114 valence electrons. The smallest absolute Gasteiger partial charge is 0.308 e. The van der Waals surface area contributed by atoms with Crippen molar-refractivity contribution in [3.05, 3.63) is 29.8 Å². The lowest BCUT2D eigenvalue weighted by Crippen LogP contribution is -2.41. The summed E-state index contributed by atoms with van der Waals surface area (Å²) >= 11 is 0. The van der Waals surface area contributed by atoms with E-state index in [-0.39, 0.29) is 17.8 Å². The van der Waals surface area contributed by atoms with E-state index in [4.69, 9.17) is 9.47 Å². The van der Waals surface area contributed by atoms with Crippen LogP contribution in [0.15, 0.2) is 24.3 Å². The first kappa shape index (κ1) is 15.4. The molecule has 1 heterocycles. The second-order valence-electron chi connectivity index (χ2n) is 5.21. The molecule has 0 spiro atoms. The number of benzene rings is 1. The Hall–Kier alpha value is -2.04. The lowest BCUT2D eigenvalue weighted by atomic mass is 9.96. The van der Waals surface area contributed by atoms with Gasteiger partial charge in [-0.15, -0.1) is 0 Å². The molecular weight excluding hydrogens is 270 g/mol. The second-order valence-corrected chi connectivity index (χ2v) is 5.21. The number of amides is 1. The van der Waals surface area contributed by atoms with E-state index in [2.05, 4.69) is 0 Å². The third-order valence-electron chi connectivity index (χ3n) is 3.87. The summed E-state index contributed by atoms with van der Waals surface area (Å²) in [6.45, 7) is 1.23. The molecule has 0 bridgehead atoms. The SMILES string of the molecule is COC(=O)C1CCN(C(=O)Cc2cccc(OC)c2)CC1. The van der Waals surface area contributed by atoms with Gasteiger partial charge < -0.3 is 14.4 Å². The van der Waals surface area contributed by atoms with Gasteiger partial charge in [0.05, 0.1) is 26.6 Å². The molecule has 1 fully saturated rings. The van der Waals surface area contributed by atoms with Crippen molar-refractivity contribution in [1.29, 1.82) is 0 Å². The van der Waals surface area contributed by atoms with Crippen molar-refractivity contribution in [3.63, 3.8) is 0 Å². The van der Waals surface area contributed by atoms with Crippen molar-refractivity contribution in [3.8, 4) is 5.75 Å². The summed E-state index contributed by atoms with van der Waals surface area (Å²) in [7, 11) is 3.02. The average Bonchev–Trinajstić information content (AvgIpc) is 2.54. The molecule has 0 unspecified atom stereocenters. The zero-order valence-corrected chi connectivity index (χ0v) is 12.5. The van der Waals surface area contributed by atoms with Gasteiger partial charge in [0.15, 0.2) is 0 Å². The molecule has 1 aromatic rings. The highest BCUT2D eigenvalue weighted by Gasteiger charge is 2.27. The first-order valence-corrected chi connectivity index (χ1v) is 7.12. The molecule has 0 N–H and O–H groups in total. The van der Waals surface area contributed by atoms with Crippen molar-refractivity contribution >= 4 is 11.9 Å². The summed E-state index contributed by atoms with van der Waals surface area (Å²) in [4.78, 5) is 25.6. The molecule has 1 saturated heterocycles. The topological polar surface area (TPSA) is 55.8 Å². The number of esters is 1. The summed E-state index contributed by atoms with van der Waals surface area (Å²) in [6, 6.07) is 7.53. The Morgan fingerprint density at radius 1 is 1.24 bits per heavy atom. The van der Waals surface area contributed by atoms with E-state index in [1.165, 1.54) is 7.11 Å². The van der Waals surface area contributed by atoms with Crippen LogP contribution < -0.4 is 4.74 Å². The van der Waals surface area contributed by atoms with Crippen LogP contribution in [-0.2, 0) is 20.7 Å². The molecule has 0 atom stereocenters. The summed E-state index contributed by atoms with van der Waals surface area (Å²) in [5.41, 5.74) is 0.939. The molecule has 5 heteroatoms. The fraction of sp³-hybridized carbons (Fsp3) is 0.500. The van der Waals surface area contributed by atoms with Crippen LogP contribution in [0.5, 0.6) is 5.75 Å². The Labute approximate surface area is 124 Å². The highest BCUT2D eigenvalue weighted by atomic mass is 16.5. The Kier molecular flexibility index (Phi) is 5.20. The third-order valence-corrected chi connectivity index (χ3v) is 3.87. The van der Waals surface area contributed by atoms with Gasteiger partial charge in [0.2, 0.25) is 5.91 Å². The lowest BCUT2D eigenvalue weighted by Gasteiger charge is -2.30. The average molecular weight is 291 g/mol. The van der Waals surface area contributed by atoms with Gasteiger partial charge in [-0.2, -0.15) is 0 Å². The highest BCUT2D eigenvalue weighted by molar-refractivity contribution is 5.79. The largest absolute Gasteiger partial charge is 0.497 e. The van der Waals surface area contributed by atoms with E-state index in [0.29, 0.717) is 32.4 Å². The van der Waals surface area contributed by atoms with Gasteiger partial charge in [-0.1, -0.05) is 12.1 Å². The van der Waals surface area contributed by atoms with Crippen LogP contribution >= 0.6 is 0 Å². The van der Waals surface area contributed by atoms with Gasteiger partial charge in [-0.05, 0) is 30.5 Å². The minimum atomic E-state index is -0.171. The molecule has 0 aromatic heterocycles. The van der Waals surface area contributed by atoms with Crippen LogP contribution in [0.1, 0.15) is 18.4 Å². The van der Waals surface area contributed by atoms with Crippen molar-refractivity contribution < 1.29 is 19.1 Å². The van der Waals surface area contributed by atoms with E-state index in [0.717, 1.165) is 11.3 Å². The molecule has 0 radical (unpaired) electrons. The molecule has 1 aliphatic rings. The summed E-state index contributed by atoms with van der Waals surface area (Å²) < 4.78 is 9.91. The number of hydrogen-bond donors (Lipinski definition) is 0. The van der Waals surface area contributed by atoms with Crippen molar-refractivity contribution in [1.82, 2.24) is 4.90 Å². The molecule has 2 rings (SSSR count). The van der Waals surface area contributed by atoms with Crippen molar-refractivity contribution in [2.45, 2.75) is 19.3 Å². The number of carbonyl (C=O) groups excluding carboxylic acids is 2. The number of likely N-dealkylation sites (tertiary alicyclic amines) is 1. The quantitative estimate of drug-likeness (QED) is 0.792. The fourth-order valence-electron chi connectivity index (χ4n) is 2.60. The standard InChI is InChI=1S/C16H21NO4/c1-20-14-5-3-4-12(10-14)11-15(18)17-8-6-13(7-9-17)16(19)21-2/h3-5,10,13H,6-9,11H2,1-2H3. The minimum Gasteiger partial charge on any atom is -0.497 e. The summed E-state index contributed by atoms with van der Waals surface area (Å²) in [5.74, 6) is 0.599. The predicted molar refractivity (Wildman–Crippen MR) is 78.0 cm³/mol. The van der Waals surface area contributed by atoms with E-state index < -0.39 is 0 Å². The lowest BCUT2D eigenvalue weighted by molar-refractivity contribution is -0.148. The zero-order valence-electron chi connectivity index (χ0n) is 12.5. The number of hydrogen-bond acceptors (Lipinski definition) is 4. The van der Waals surface area contributed by atoms with Gasteiger partial charge in [0, 0.05) is 13.1 Å². The Balaban J connectivity index is 1.88. The maximum Gasteiger partial charge on any atom is 0.308 e.